The number of fused-ring (bicyclic) bond motifs is 2. The number of piperazine rings is 1. The summed E-state index contributed by atoms with van der Waals surface area (Å²) in [5.41, 5.74) is 4.49. The van der Waals surface area contributed by atoms with Crippen LogP contribution in [0.2, 0.25) is 0 Å². The molecule has 2 fully saturated rings. The van der Waals surface area contributed by atoms with Gasteiger partial charge in [-0.05, 0) is 45.7 Å². The van der Waals surface area contributed by atoms with E-state index in [9.17, 15) is 5.26 Å². The van der Waals surface area contributed by atoms with E-state index in [0.29, 0.717) is 31.6 Å². The lowest BCUT2D eigenvalue weighted by Gasteiger charge is -2.38. The van der Waals surface area contributed by atoms with Gasteiger partial charge in [0.2, 0.25) is 0 Å². The molecule has 4 aliphatic rings. The Kier molecular flexibility index (Phi) is 7.17. The zero-order chi connectivity index (χ0) is 26.1. The smallest absolute Gasteiger partial charge is 0.318 e. The first-order chi connectivity index (χ1) is 18.6. The van der Waals surface area contributed by atoms with Gasteiger partial charge in [-0.25, -0.2) is 9.97 Å². The Bertz CT molecular complexity index is 1200. The second-order valence-corrected chi connectivity index (χ2v) is 11.0. The number of aromatic nitrogens is 4. The summed E-state index contributed by atoms with van der Waals surface area (Å²) in [6.45, 7) is 6.68. The fourth-order valence-electron chi connectivity index (χ4n) is 6.33. The summed E-state index contributed by atoms with van der Waals surface area (Å²) in [6, 6.07) is 3.31. The van der Waals surface area contributed by atoms with Crippen LogP contribution in [0, 0.1) is 11.3 Å². The van der Waals surface area contributed by atoms with E-state index in [-0.39, 0.29) is 6.04 Å². The molecular weight excluding hydrogens is 480 g/mol. The maximum absolute atomic E-state index is 9.27. The Morgan fingerprint density at radius 2 is 1.95 bits per heavy atom. The molecule has 0 radical (unpaired) electrons. The molecule has 6 heterocycles. The molecule has 0 aliphatic carbocycles. The molecule has 2 atom stereocenters. The van der Waals surface area contributed by atoms with Gasteiger partial charge in [-0.3, -0.25) is 0 Å². The highest BCUT2D eigenvalue weighted by atomic mass is 16.5. The summed E-state index contributed by atoms with van der Waals surface area (Å²) < 4.78 is 6.27. The Labute approximate surface area is 224 Å². The van der Waals surface area contributed by atoms with Gasteiger partial charge in [0.1, 0.15) is 24.4 Å². The number of aryl methyl sites for hydroxylation is 1. The van der Waals surface area contributed by atoms with E-state index in [1.165, 1.54) is 12.0 Å². The van der Waals surface area contributed by atoms with Gasteiger partial charge < -0.3 is 29.7 Å². The molecule has 202 valence electrons. The molecule has 2 aromatic rings. The molecule has 11 nitrogen and oxygen atoms in total. The second kappa shape index (κ2) is 10.9. The normalized spacial score (nSPS) is 23.7. The lowest BCUT2D eigenvalue weighted by atomic mass is 10.0. The highest BCUT2D eigenvalue weighted by molar-refractivity contribution is 5.71. The molecule has 2 saturated heterocycles. The molecule has 11 heteroatoms. The number of anilines is 3. The third kappa shape index (κ3) is 4.95. The number of likely N-dealkylation sites (N-methyl/N-ethyl adjacent to an activating group) is 1. The molecule has 0 unspecified atom stereocenters. The molecule has 0 saturated carbocycles. The first-order valence-corrected chi connectivity index (χ1v) is 14.0. The highest BCUT2D eigenvalue weighted by Gasteiger charge is 2.31. The van der Waals surface area contributed by atoms with Crippen LogP contribution in [-0.4, -0.2) is 96.9 Å². The fourth-order valence-corrected chi connectivity index (χ4v) is 6.33. The van der Waals surface area contributed by atoms with E-state index < -0.39 is 0 Å². The number of ether oxygens (including phenoxy) is 1. The minimum absolute atomic E-state index is 0.138. The van der Waals surface area contributed by atoms with Gasteiger partial charge in [-0.2, -0.15) is 15.2 Å². The largest absolute Gasteiger partial charge is 0.462 e. The molecule has 6 rings (SSSR count). The van der Waals surface area contributed by atoms with Gasteiger partial charge in [-0.1, -0.05) is 0 Å². The predicted octanol–water partition coefficient (Wildman–Crippen LogP) is 1.38. The minimum Gasteiger partial charge on any atom is -0.462 e. The van der Waals surface area contributed by atoms with Crippen LogP contribution in [-0.2, 0) is 19.4 Å². The van der Waals surface area contributed by atoms with Crippen molar-refractivity contribution < 1.29 is 4.74 Å². The summed E-state index contributed by atoms with van der Waals surface area (Å²) in [5.74, 6) is 1.96. The number of hydrogen-bond acceptors (Lipinski definition) is 11. The highest BCUT2D eigenvalue weighted by Crippen LogP contribution is 2.37. The van der Waals surface area contributed by atoms with Crippen molar-refractivity contribution >= 4 is 17.3 Å². The van der Waals surface area contributed by atoms with Gasteiger partial charge in [0.15, 0.2) is 5.82 Å². The van der Waals surface area contributed by atoms with Gasteiger partial charge in [0.25, 0.3) is 0 Å². The molecule has 0 spiro atoms. The second-order valence-electron chi connectivity index (χ2n) is 11.0. The third-order valence-corrected chi connectivity index (χ3v) is 8.46. The van der Waals surface area contributed by atoms with E-state index in [2.05, 4.69) is 50.1 Å². The number of likely N-dealkylation sites (tertiary alicyclic amines) is 1. The van der Waals surface area contributed by atoms with Crippen molar-refractivity contribution in [3.63, 3.8) is 0 Å². The Morgan fingerprint density at radius 3 is 2.79 bits per heavy atom. The third-order valence-electron chi connectivity index (χ3n) is 8.46. The summed E-state index contributed by atoms with van der Waals surface area (Å²) in [5, 5.41) is 12.7. The summed E-state index contributed by atoms with van der Waals surface area (Å²) in [7, 11) is 4.30. The van der Waals surface area contributed by atoms with Crippen molar-refractivity contribution in [1.82, 2.24) is 30.2 Å². The van der Waals surface area contributed by atoms with Gasteiger partial charge in [0, 0.05) is 57.4 Å². The van der Waals surface area contributed by atoms with Crippen LogP contribution in [0.15, 0.2) is 6.33 Å². The lowest BCUT2D eigenvalue weighted by molar-refractivity contribution is 0.187. The summed E-state index contributed by atoms with van der Waals surface area (Å²) in [6.07, 6.45) is 7.49. The van der Waals surface area contributed by atoms with Crippen molar-refractivity contribution in [2.24, 2.45) is 0 Å². The van der Waals surface area contributed by atoms with E-state index in [0.717, 1.165) is 93.7 Å². The topological polar surface area (TPSA) is 110 Å². The molecule has 4 aliphatic heterocycles. The Balaban J connectivity index is 1.31. The van der Waals surface area contributed by atoms with E-state index in [4.69, 9.17) is 19.7 Å². The van der Waals surface area contributed by atoms with Crippen molar-refractivity contribution in [2.75, 3.05) is 74.7 Å². The van der Waals surface area contributed by atoms with Crippen LogP contribution < -0.4 is 24.8 Å². The van der Waals surface area contributed by atoms with Crippen molar-refractivity contribution in [3.05, 3.63) is 23.3 Å². The number of nitriles is 1. The van der Waals surface area contributed by atoms with Crippen LogP contribution in [0.4, 0.5) is 17.3 Å². The number of rotatable bonds is 6. The molecular formula is C27H38N10O. The van der Waals surface area contributed by atoms with E-state index >= 15 is 0 Å². The lowest BCUT2D eigenvalue weighted by Crippen LogP contribution is -2.51. The van der Waals surface area contributed by atoms with Gasteiger partial charge >= 0.3 is 6.01 Å². The maximum atomic E-state index is 9.27. The Morgan fingerprint density at radius 1 is 1.03 bits per heavy atom. The molecule has 2 aromatic heterocycles. The zero-order valence-corrected chi connectivity index (χ0v) is 22.6. The maximum Gasteiger partial charge on any atom is 0.318 e. The standard InChI is InChI=1S/C27H38N10O/c1-34-11-3-5-20(34)17-38-27-32-23-16-36(26-24-22(30-18-31-26)6-4-12-35(24)2)13-8-21(23)25(33-27)37-14-10-29-19(15-37)7-9-28/h18-20,29H,3-8,10-17H2,1-2H3/t19-,20-/m0/s1. The van der Waals surface area contributed by atoms with E-state index in [1.54, 1.807) is 6.33 Å². The number of nitrogens with zero attached hydrogens (tertiary/aromatic N) is 9. The first kappa shape index (κ1) is 25.1. The summed E-state index contributed by atoms with van der Waals surface area (Å²) >= 11 is 0. The zero-order valence-electron chi connectivity index (χ0n) is 22.6. The number of nitrogens with one attached hydrogen (secondary N) is 1. The molecule has 1 N–H and O–H groups in total. The first-order valence-electron chi connectivity index (χ1n) is 14.0. The van der Waals surface area contributed by atoms with Crippen LogP contribution in [0.1, 0.15) is 42.6 Å². The average molecular weight is 519 g/mol. The molecule has 0 bridgehead atoms. The monoisotopic (exact) mass is 518 g/mol. The fraction of sp³-hybridized carbons (Fsp3) is 0.667. The van der Waals surface area contributed by atoms with Crippen molar-refractivity contribution in [1.29, 1.82) is 5.26 Å². The molecule has 0 aromatic carbocycles. The number of hydrogen-bond donors (Lipinski definition) is 1. The summed E-state index contributed by atoms with van der Waals surface area (Å²) in [4.78, 5) is 28.6. The predicted molar refractivity (Wildman–Crippen MR) is 146 cm³/mol. The Hall–Kier alpha value is -3.23. The molecule has 0 amide bonds. The van der Waals surface area contributed by atoms with Crippen molar-refractivity contribution in [3.8, 4) is 12.1 Å². The van der Waals surface area contributed by atoms with E-state index in [1.807, 2.05) is 0 Å². The van der Waals surface area contributed by atoms with Crippen LogP contribution in [0.5, 0.6) is 6.01 Å². The van der Waals surface area contributed by atoms with Crippen LogP contribution in [0.3, 0.4) is 0 Å². The average Bonchev–Trinajstić information content (AvgIpc) is 3.35. The van der Waals surface area contributed by atoms with Crippen molar-refractivity contribution in [2.45, 2.75) is 57.2 Å². The van der Waals surface area contributed by atoms with Gasteiger partial charge in [-0.15, -0.1) is 0 Å². The van der Waals surface area contributed by atoms with Crippen LogP contribution in [0.25, 0.3) is 0 Å². The van der Waals surface area contributed by atoms with Crippen LogP contribution >= 0.6 is 0 Å². The van der Waals surface area contributed by atoms with Gasteiger partial charge in [0.05, 0.1) is 30.4 Å². The molecule has 38 heavy (non-hydrogen) atoms. The SMILES string of the molecule is CN1CCCc2ncnc(N3CCc4c(nc(OC[C@@H]5CCCN5C)nc4N4CCN[C@@H](CC#N)C4)C3)c21. The quantitative estimate of drug-likeness (QED) is 0.599. The minimum atomic E-state index is 0.138.